The second kappa shape index (κ2) is 11.0. The van der Waals surface area contributed by atoms with Crippen LogP contribution in [0.3, 0.4) is 0 Å². The zero-order chi connectivity index (χ0) is 14.6. The van der Waals surface area contributed by atoms with Crippen LogP contribution in [0, 0.1) is 5.92 Å². The van der Waals surface area contributed by atoms with Gasteiger partial charge in [-0.05, 0) is 31.6 Å². The summed E-state index contributed by atoms with van der Waals surface area (Å²) in [4.78, 5) is 0. The molecule has 0 aromatic heterocycles. The van der Waals surface area contributed by atoms with Gasteiger partial charge in [-0.1, -0.05) is 56.7 Å². The highest BCUT2D eigenvalue weighted by Crippen LogP contribution is 2.13. The summed E-state index contributed by atoms with van der Waals surface area (Å²) in [6.45, 7) is 3.80. The first-order valence-corrected chi connectivity index (χ1v) is 7.13. The van der Waals surface area contributed by atoms with Crippen LogP contribution in [-0.2, 0) is 0 Å². The van der Waals surface area contributed by atoms with Crippen molar-refractivity contribution in [2.75, 3.05) is 6.61 Å². The predicted octanol–water partition coefficient (Wildman–Crippen LogP) is 2.93. The highest BCUT2D eigenvalue weighted by molar-refractivity contribution is 5.19. The molecular weight excluding hydrogens is 240 g/mol. The monoisotopic (exact) mass is 268 g/mol. The molecule has 0 saturated heterocycles. The van der Waals surface area contributed by atoms with E-state index in [1.807, 2.05) is 12.2 Å². The van der Waals surface area contributed by atoms with Crippen LogP contribution >= 0.6 is 0 Å². The van der Waals surface area contributed by atoms with Crippen molar-refractivity contribution in [2.45, 2.75) is 51.7 Å². The highest BCUT2D eigenvalue weighted by atomic mass is 16.5. The molecule has 0 spiro atoms. The summed E-state index contributed by atoms with van der Waals surface area (Å²) in [5, 5.41) is 26.0. The van der Waals surface area contributed by atoms with Crippen LogP contribution in [0.1, 0.15) is 46.0 Å². The number of aliphatic hydroxyl groups excluding tert-OH is 1. The lowest BCUT2D eigenvalue weighted by molar-refractivity contribution is -0.163. The van der Waals surface area contributed by atoms with Crippen molar-refractivity contribution in [3.8, 4) is 0 Å². The maximum atomic E-state index is 8.69. The number of unbranched alkanes of at least 4 members (excludes halogenated alkanes) is 1. The molecule has 0 aromatic rings. The van der Waals surface area contributed by atoms with E-state index in [4.69, 9.17) is 15.3 Å². The van der Waals surface area contributed by atoms with Crippen LogP contribution in [0.5, 0.6) is 0 Å². The predicted molar refractivity (Wildman–Crippen MR) is 79.6 cm³/mol. The van der Waals surface area contributed by atoms with E-state index in [1.165, 1.54) is 0 Å². The molecule has 0 atom stereocenters. The van der Waals surface area contributed by atoms with Crippen molar-refractivity contribution >= 4 is 0 Å². The van der Waals surface area contributed by atoms with Crippen LogP contribution in [0.4, 0.5) is 0 Å². The van der Waals surface area contributed by atoms with E-state index in [9.17, 15) is 0 Å². The van der Waals surface area contributed by atoms with Crippen LogP contribution in [0.2, 0.25) is 0 Å². The molecule has 0 saturated carbocycles. The zero-order valence-electron chi connectivity index (χ0n) is 12.1. The van der Waals surface area contributed by atoms with E-state index in [1.54, 1.807) is 13.8 Å². The Balaban J connectivity index is 0.000000399. The molecule has 1 aliphatic carbocycles. The molecule has 3 heteroatoms. The summed E-state index contributed by atoms with van der Waals surface area (Å²) < 4.78 is 0. The summed E-state index contributed by atoms with van der Waals surface area (Å²) in [5.41, 5.74) is 0. The van der Waals surface area contributed by atoms with Gasteiger partial charge in [0, 0.05) is 6.61 Å². The summed E-state index contributed by atoms with van der Waals surface area (Å²) >= 11 is 0. The molecule has 110 valence electrons. The van der Waals surface area contributed by atoms with Gasteiger partial charge < -0.3 is 15.3 Å². The van der Waals surface area contributed by atoms with E-state index in [-0.39, 0.29) is 0 Å². The maximum Gasteiger partial charge on any atom is 0.161 e. The van der Waals surface area contributed by atoms with E-state index in [2.05, 4.69) is 24.3 Å². The molecule has 0 unspecified atom stereocenters. The minimum Gasteiger partial charge on any atom is -0.396 e. The second-order valence-corrected chi connectivity index (χ2v) is 4.73. The molecule has 1 aliphatic rings. The Kier molecular flexibility index (Phi) is 10.5. The number of hydrogen-bond acceptors (Lipinski definition) is 3. The largest absolute Gasteiger partial charge is 0.396 e. The fraction of sp³-hybridized carbons (Fsp3) is 0.625. The third-order valence-corrected chi connectivity index (χ3v) is 3.13. The van der Waals surface area contributed by atoms with Crippen molar-refractivity contribution in [2.24, 2.45) is 5.92 Å². The molecule has 1 rings (SSSR count). The van der Waals surface area contributed by atoms with Gasteiger partial charge in [0.15, 0.2) is 5.79 Å². The Morgan fingerprint density at radius 1 is 0.895 bits per heavy atom. The maximum absolute atomic E-state index is 8.69. The van der Waals surface area contributed by atoms with Crippen LogP contribution in [-0.4, -0.2) is 27.7 Å². The Bertz CT molecular complexity index is 268. The van der Waals surface area contributed by atoms with Gasteiger partial charge in [0.1, 0.15) is 0 Å². The van der Waals surface area contributed by atoms with Crippen molar-refractivity contribution in [1.82, 2.24) is 0 Å². The van der Waals surface area contributed by atoms with Crippen molar-refractivity contribution in [1.29, 1.82) is 0 Å². The first-order chi connectivity index (χ1) is 9.05. The van der Waals surface area contributed by atoms with Crippen LogP contribution < -0.4 is 0 Å². The smallest absolute Gasteiger partial charge is 0.161 e. The Morgan fingerprint density at radius 2 is 1.42 bits per heavy atom. The molecule has 0 aliphatic heterocycles. The first-order valence-electron chi connectivity index (χ1n) is 7.13. The van der Waals surface area contributed by atoms with E-state index in [0.717, 1.165) is 19.3 Å². The number of aliphatic hydroxyl groups is 3. The van der Waals surface area contributed by atoms with Crippen LogP contribution in [0.25, 0.3) is 0 Å². The molecule has 3 N–H and O–H groups in total. The molecule has 0 radical (unpaired) electrons. The third kappa shape index (κ3) is 10.7. The molecule has 0 amide bonds. The fourth-order valence-corrected chi connectivity index (χ4v) is 1.54. The summed E-state index contributed by atoms with van der Waals surface area (Å²) in [5.74, 6) is -0.855. The van der Waals surface area contributed by atoms with Gasteiger partial charge in [-0.3, -0.25) is 0 Å². The molecule has 3 nitrogen and oxygen atoms in total. The van der Waals surface area contributed by atoms with E-state index < -0.39 is 5.79 Å². The van der Waals surface area contributed by atoms with Crippen LogP contribution in [0.15, 0.2) is 36.5 Å². The molecule has 0 bridgehead atoms. The second-order valence-electron chi connectivity index (χ2n) is 4.73. The van der Waals surface area contributed by atoms with Gasteiger partial charge in [-0.2, -0.15) is 0 Å². The van der Waals surface area contributed by atoms with Crippen molar-refractivity contribution in [3.63, 3.8) is 0 Å². The van der Waals surface area contributed by atoms with E-state index >= 15 is 0 Å². The minimum atomic E-state index is -1.42. The number of rotatable bonds is 6. The molecule has 0 fully saturated rings. The van der Waals surface area contributed by atoms with Gasteiger partial charge >= 0.3 is 0 Å². The minimum absolute atomic E-state index is 0.318. The topological polar surface area (TPSA) is 60.7 Å². The quantitative estimate of drug-likeness (QED) is 0.513. The number of allylic oxidation sites excluding steroid dienone is 6. The Hall–Kier alpha value is -0.900. The lowest BCUT2D eigenvalue weighted by Crippen LogP contribution is -2.24. The number of hydrogen-bond donors (Lipinski definition) is 3. The summed E-state index contributed by atoms with van der Waals surface area (Å²) in [6.07, 6.45) is 16.7. The van der Waals surface area contributed by atoms with E-state index in [0.29, 0.717) is 25.4 Å². The Morgan fingerprint density at radius 3 is 1.79 bits per heavy atom. The van der Waals surface area contributed by atoms with Gasteiger partial charge in [-0.15, -0.1) is 0 Å². The van der Waals surface area contributed by atoms with Gasteiger partial charge in [0.25, 0.3) is 0 Å². The zero-order valence-corrected chi connectivity index (χ0v) is 12.1. The fourth-order valence-electron chi connectivity index (χ4n) is 1.54. The highest BCUT2D eigenvalue weighted by Gasteiger charge is 2.15. The van der Waals surface area contributed by atoms with Gasteiger partial charge in [0.05, 0.1) is 0 Å². The normalized spacial score (nSPS) is 15.0. The Labute approximate surface area is 117 Å². The lowest BCUT2D eigenvalue weighted by Gasteiger charge is -2.15. The van der Waals surface area contributed by atoms with Crippen molar-refractivity contribution in [3.05, 3.63) is 36.5 Å². The molecule has 0 aromatic carbocycles. The third-order valence-electron chi connectivity index (χ3n) is 3.13. The average molecular weight is 268 g/mol. The van der Waals surface area contributed by atoms with Gasteiger partial charge in [-0.25, -0.2) is 0 Å². The average Bonchev–Trinajstić information content (AvgIpc) is 2.69. The standard InChI is InChI=1S/C11H16O.C5H12O2/c12-10-6-5-9-11-7-3-1-2-4-8-11;1-3-5(6,7)4-2/h1-4,7-8,11-12H,5-6,9-10H2;6-7H,3-4H2,1-2H3. The lowest BCUT2D eigenvalue weighted by atomic mass is 10.0. The SMILES string of the molecule is CCC(O)(O)CC.OCCCCC1C=CC=CC=C1. The molecular formula is C16H28O3. The summed E-state index contributed by atoms with van der Waals surface area (Å²) in [6, 6.07) is 0. The van der Waals surface area contributed by atoms with Gasteiger partial charge in [0.2, 0.25) is 0 Å². The summed E-state index contributed by atoms with van der Waals surface area (Å²) in [7, 11) is 0. The molecule has 0 heterocycles. The first kappa shape index (κ1) is 18.1. The molecule has 19 heavy (non-hydrogen) atoms. The van der Waals surface area contributed by atoms with Crippen molar-refractivity contribution < 1.29 is 15.3 Å².